The summed E-state index contributed by atoms with van der Waals surface area (Å²) in [6.45, 7) is 4.51. The van der Waals surface area contributed by atoms with E-state index in [2.05, 4.69) is 39.1 Å². The zero-order chi connectivity index (χ0) is 22.8. The number of amidine groups is 1. The van der Waals surface area contributed by atoms with Crippen LogP contribution in [0.5, 0.6) is 0 Å². The molecule has 0 bridgehead atoms. The zero-order valence-corrected chi connectivity index (χ0v) is 20.0. The Morgan fingerprint density at radius 1 is 0.970 bits per heavy atom. The lowest BCUT2D eigenvalue weighted by Crippen LogP contribution is -2.47. The van der Waals surface area contributed by atoms with E-state index >= 15 is 0 Å². The molecule has 0 unspecified atom stereocenters. The molecular weight excluding hydrogens is 477 g/mol. The molecule has 5 rings (SSSR count). The van der Waals surface area contributed by atoms with Crippen LogP contribution in [0.2, 0.25) is 10.0 Å². The van der Waals surface area contributed by atoms with Crippen molar-refractivity contribution in [2.24, 2.45) is 4.99 Å². The van der Waals surface area contributed by atoms with Crippen molar-refractivity contribution in [1.29, 1.82) is 0 Å². The Kier molecular flexibility index (Phi) is 6.60. The molecule has 2 aliphatic heterocycles. The fourth-order valence-corrected chi connectivity index (χ4v) is 5.08. The summed E-state index contributed by atoms with van der Waals surface area (Å²) in [4.78, 5) is 22.0. The van der Waals surface area contributed by atoms with Gasteiger partial charge in [-0.1, -0.05) is 53.5 Å². The molecule has 2 aliphatic rings. The molecule has 33 heavy (non-hydrogen) atoms. The van der Waals surface area contributed by atoms with E-state index in [1.165, 1.54) is 17.3 Å². The molecule has 3 aromatic rings. The minimum Gasteiger partial charge on any atom is -0.457 e. The quantitative estimate of drug-likeness (QED) is 0.411. The van der Waals surface area contributed by atoms with Crippen molar-refractivity contribution in [3.05, 3.63) is 86.9 Å². The van der Waals surface area contributed by atoms with E-state index in [9.17, 15) is 4.79 Å². The van der Waals surface area contributed by atoms with Crippen LogP contribution >= 0.6 is 35.0 Å². The Bertz CT molecular complexity index is 1230. The number of rotatable bonds is 4. The SMILES string of the molecule is O=C1N=C(N2CCN(Cc3ccccc3)CC2)S/C1=C\c1ccc(-c2ccc(Cl)c(Cl)c2)o1. The molecule has 1 fully saturated rings. The van der Waals surface area contributed by atoms with Gasteiger partial charge in [-0.15, -0.1) is 0 Å². The molecule has 2 aromatic carbocycles. The van der Waals surface area contributed by atoms with Crippen LogP contribution in [0.25, 0.3) is 17.4 Å². The van der Waals surface area contributed by atoms with Crippen LogP contribution < -0.4 is 0 Å². The number of carbonyl (C=O) groups excluding carboxylic acids is 1. The van der Waals surface area contributed by atoms with Crippen molar-refractivity contribution in [3.8, 4) is 11.3 Å². The summed E-state index contributed by atoms with van der Waals surface area (Å²) in [6.07, 6.45) is 1.75. The number of hydrogen-bond donors (Lipinski definition) is 0. The minimum absolute atomic E-state index is 0.228. The van der Waals surface area contributed by atoms with Crippen molar-refractivity contribution >= 4 is 52.1 Å². The number of carbonyl (C=O) groups is 1. The number of thioether (sulfide) groups is 1. The lowest BCUT2D eigenvalue weighted by molar-refractivity contribution is -0.113. The summed E-state index contributed by atoms with van der Waals surface area (Å²) in [6, 6.07) is 19.5. The molecule has 168 valence electrons. The van der Waals surface area contributed by atoms with Gasteiger partial charge in [0.2, 0.25) is 0 Å². The van der Waals surface area contributed by atoms with Gasteiger partial charge in [-0.3, -0.25) is 9.69 Å². The van der Waals surface area contributed by atoms with Crippen LogP contribution in [0.15, 0.2) is 75.0 Å². The number of piperazine rings is 1. The fraction of sp³-hybridized carbons (Fsp3) is 0.200. The number of benzene rings is 2. The highest BCUT2D eigenvalue weighted by molar-refractivity contribution is 8.18. The Morgan fingerprint density at radius 2 is 1.76 bits per heavy atom. The van der Waals surface area contributed by atoms with E-state index in [-0.39, 0.29) is 5.91 Å². The summed E-state index contributed by atoms with van der Waals surface area (Å²) in [5, 5.41) is 1.73. The van der Waals surface area contributed by atoms with Crippen molar-refractivity contribution in [2.45, 2.75) is 6.54 Å². The number of hydrogen-bond acceptors (Lipinski definition) is 5. The molecule has 8 heteroatoms. The van der Waals surface area contributed by atoms with Crippen molar-refractivity contribution in [1.82, 2.24) is 9.80 Å². The Labute approximate surface area is 206 Å². The summed E-state index contributed by atoms with van der Waals surface area (Å²) >= 11 is 13.5. The maximum atomic E-state index is 12.5. The van der Waals surface area contributed by atoms with Crippen LogP contribution in [0.1, 0.15) is 11.3 Å². The first-order valence-corrected chi connectivity index (χ1v) is 12.2. The molecule has 0 radical (unpaired) electrons. The maximum absolute atomic E-state index is 12.5. The number of halogens is 2. The second kappa shape index (κ2) is 9.77. The molecule has 1 amide bonds. The topological polar surface area (TPSA) is 49.1 Å². The molecule has 0 saturated carbocycles. The fourth-order valence-electron chi connectivity index (χ4n) is 3.84. The third-order valence-corrected chi connectivity index (χ3v) is 7.39. The normalized spacial score (nSPS) is 18.2. The van der Waals surface area contributed by atoms with Gasteiger partial charge in [0.25, 0.3) is 5.91 Å². The number of amides is 1. The van der Waals surface area contributed by atoms with E-state index < -0.39 is 0 Å². The Hall–Kier alpha value is -2.51. The zero-order valence-electron chi connectivity index (χ0n) is 17.7. The van der Waals surface area contributed by atoms with E-state index in [1.807, 2.05) is 24.3 Å². The summed E-state index contributed by atoms with van der Waals surface area (Å²) in [5.74, 6) is 1.02. The van der Waals surface area contributed by atoms with Gasteiger partial charge in [-0.05, 0) is 47.7 Å². The molecule has 0 aliphatic carbocycles. The number of nitrogens with zero attached hydrogens (tertiary/aromatic N) is 3. The first kappa shape index (κ1) is 22.3. The van der Waals surface area contributed by atoms with Gasteiger partial charge >= 0.3 is 0 Å². The van der Waals surface area contributed by atoms with E-state index in [1.54, 1.807) is 18.2 Å². The lowest BCUT2D eigenvalue weighted by Gasteiger charge is -2.35. The van der Waals surface area contributed by atoms with Crippen molar-refractivity contribution < 1.29 is 9.21 Å². The van der Waals surface area contributed by atoms with E-state index in [0.29, 0.717) is 26.5 Å². The second-order valence-corrected chi connectivity index (χ2v) is 9.71. The van der Waals surface area contributed by atoms with Gasteiger partial charge in [0.1, 0.15) is 11.5 Å². The second-order valence-electron chi connectivity index (χ2n) is 7.89. The molecule has 0 spiro atoms. The van der Waals surface area contributed by atoms with Crippen LogP contribution in [-0.4, -0.2) is 47.1 Å². The predicted molar refractivity (Wildman–Crippen MR) is 135 cm³/mol. The number of furan rings is 1. The van der Waals surface area contributed by atoms with Crippen molar-refractivity contribution in [3.63, 3.8) is 0 Å². The average molecular weight is 498 g/mol. The summed E-state index contributed by atoms with van der Waals surface area (Å²) < 4.78 is 5.91. The van der Waals surface area contributed by atoms with Crippen LogP contribution in [0, 0.1) is 0 Å². The molecule has 1 saturated heterocycles. The highest BCUT2D eigenvalue weighted by Crippen LogP contribution is 2.33. The van der Waals surface area contributed by atoms with Crippen LogP contribution in [-0.2, 0) is 11.3 Å². The summed E-state index contributed by atoms with van der Waals surface area (Å²) in [5.41, 5.74) is 2.14. The highest BCUT2D eigenvalue weighted by atomic mass is 35.5. The van der Waals surface area contributed by atoms with E-state index in [4.69, 9.17) is 27.6 Å². The van der Waals surface area contributed by atoms with Gasteiger partial charge in [-0.2, -0.15) is 4.99 Å². The minimum atomic E-state index is -0.228. The Balaban J connectivity index is 1.20. The lowest BCUT2D eigenvalue weighted by atomic mass is 10.2. The largest absolute Gasteiger partial charge is 0.457 e. The van der Waals surface area contributed by atoms with Crippen LogP contribution in [0.4, 0.5) is 0 Å². The van der Waals surface area contributed by atoms with Crippen LogP contribution in [0.3, 0.4) is 0 Å². The predicted octanol–water partition coefficient (Wildman–Crippen LogP) is 6.04. The molecule has 1 aromatic heterocycles. The molecular formula is C25H21Cl2N3O2S. The van der Waals surface area contributed by atoms with Gasteiger partial charge in [-0.25, -0.2) is 0 Å². The third-order valence-electron chi connectivity index (χ3n) is 5.61. The van der Waals surface area contributed by atoms with Gasteiger partial charge < -0.3 is 9.32 Å². The average Bonchev–Trinajstić information content (AvgIpc) is 3.44. The maximum Gasteiger partial charge on any atom is 0.286 e. The van der Waals surface area contributed by atoms with Gasteiger partial charge in [0.05, 0.1) is 15.0 Å². The number of aliphatic imine (C=N–C) groups is 1. The molecule has 5 nitrogen and oxygen atoms in total. The molecule has 0 atom stereocenters. The Morgan fingerprint density at radius 3 is 2.52 bits per heavy atom. The van der Waals surface area contributed by atoms with E-state index in [0.717, 1.165) is 43.5 Å². The third kappa shape index (κ3) is 5.20. The van der Waals surface area contributed by atoms with Gasteiger partial charge in [0.15, 0.2) is 5.17 Å². The molecule has 3 heterocycles. The smallest absolute Gasteiger partial charge is 0.286 e. The monoisotopic (exact) mass is 497 g/mol. The summed E-state index contributed by atoms with van der Waals surface area (Å²) in [7, 11) is 0. The first-order chi connectivity index (χ1) is 16.0. The first-order valence-electron chi connectivity index (χ1n) is 10.6. The highest BCUT2D eigenvalue weighted by Gasteiger charge is 2.28. The van der Waals surface area contributed by atoms with Crippen molar-refractivity contribution in [2.75, 3.05) is 26.2 Å². The molecule has 0 N–H and O–H groups in total. The standard InChI is InChI=1S/C25H21Cl2N3O2S/c26-20-8-6-18(14-21(20)27)22-9-7-19(32-22)15-23-24(31)28-25(33-23)30-12-10-29(11-13-30)16-17-4-2-1-3-5-17/h1-9,14-15H,10-13,16H2/b23-15-. The van der Waals surface area contributed by atoms with Gasteiger partial charge in [0, 0.05) is 44.4 Å².